The molecule has 0 radical (unpaired) electrons. The fourth-order valence-electron chi connectivity index (χ4n) is 3.12. The van der Waals surface area contributed by atoms with Crippen LogP contribution in [0.2, 0.25) is 0 Å². The van der Waals surface area contributed by atoms with Gasteiger partial charge in [0.05, 0.1) is 23.0 Å². The van der Waals surface area contributed by atoms with Gasteiger partial charge in [-0.3, -0.25) is 4.79 Å². The Morgan fingerprint density at radius 2 is 1.95 bits per heavy atom. The molecule has 0 fully saturated rings. The van der Waals surface area contributed by atoms with Crippen LogP contribution in [0, 0.1) is 6.92 Å². The van der Waals surface area contributed by atoms with Crippen molar-refractivity contribution in [3.63, 3.8) is 0 Å². The van der Waals surface area contributed by atoms with Gasteiger partial charge in [0.25, 0.3) is 11.1 Å². The predicted octanol–water partition coefficient (Wildman–Crippen LogP) is 5.31. The molecule has 0 saturated carbocycles. The van der Waals surface area contributed by atoms with Crippen LogP contribution in [0.1, 0.15) is 18.1 Å². The number of halogens is 1. The average molecular weight is 605 g/mol. The number of aromatic nitrogens is 1. The van der Waals surface area contributed by atoms with Gasteiger partial charge in [0.1, 0.15) is 10.4 Å². The highest BCUT2D eigenvalue weighted by atomic mass is 79.9. The predicted molar refractivity (Wildman–Crippen MR) is 145 cm³/mol. The minimum atomic E-state index is -4.09. The molecular weight excluding hydrogens is 582 g/mol. The molecule has 1 heterocycles. The molecule has 12 heteroatoms. The van der Waals surface area contributed by atoms with Crippen LogP contribution >= 0.6 is 27.7 Å². The molecule has 0 unspecified atom stereocenters. The van der Waals surface area contributed by atoms with E-state index in [-0.39, 0.29) is 34.7 Å². The lowest BCUT2D eigenvalue weighted by molar-refractivity contribution is -0.118. The number of hydrogen-bond donors (Lipinski definition) is 1. The summed E-state index contributed by atoms with van der Waals surface area (Å²) < 4.78 is 42.5. The fourth-order valence-corrected chi connectivity index (χ4v) is 5.36. The highest BCUT2D eigenvalue weighted by molar-refractivity contribution is 9.10. The molecule has 4 aromatic rings. The first-order chi connectivity index (χ1) is 17.7. The fraction of sp³-hybridized carbons (Fsp3) is 0.160. The average Bonchev–Trinajstić information content (AvgIpc) is 3.28. The van der Waals surface area contributed by atoms with E-state index in [9.17, 15) is 13.2 Å². The van der Waals surface area contributed by atoms with E-state index in [0.717, 1.165) is 22.8 Å². The number of fused-ring (bicyclic) bond motifs is 1. The van der Waals surface area contributed by atoms with Crippen molar-refractivity contribution in [2.45, 2.75) is 24.0 Å². The van der Waals surface area contributed by atoms with Crippen molar-refractivity contribution < 1.29 is 26.5 Å². The van der Waals surface area contributed by atoms with Gasteiger partial charge in [-0.2, -0.15) is 13.5 Å². The Hall–Kier alpha value is -3.35. The maximum Gasteiger partial charge on any atom is 0.339 e. The van der Waals surface area contributed by atoms with Crippen molar-refractivity contribution in [2.24, 2.45) is 5.10 Å². The number of rotatable bonds is 10. The third kappa shape index (κ3) is 6.90. The highest BCUT2D eigenvalue weighted by Crippen LogP contribution is 2.38. The molecule has 0 saturated heterocycles. The van der Waals surface area contributed by atoms with Crippen LogP contribution < -0.4 is 14.3 Å². The summed E-state index contributed by atoms with van der Waals surface area (Å²) in [5, 5.41) is 4.37. The van der Waals surface area contributed by atoms with Gasteiger partial charge in [-0.25, -0.2) is 10.4 Å². The first-order valence-electron chi connectivity index (χ1n) is 11.0. The number of hydrazone groups is 1. The molecule has 0 aliphatic carbocycles. The molecule has 0 bridgehead atoms. The summed E-state index contributed by atoms with van der Waals surface area (Å²) in [6, 6.07) is 16.8. The summed E-state index contributed by atoms with van der Waals surface area (Å²) in [5.74, 6) is -0.0798. The zero-order valence-electron chi connectivity index (χ0n) is 19.8. The normalized spacial score (nSPS) is 11.6. The van der Waals surface area contributed by atoms with E-state index in [1.54, 1.807) is 37.3 Å². The molecule has 9 nitrogen and oxygen atoms in total. The number of oxazole rings is 1. The number of benzene rings is 3. The van der Waals surface area contributed by atoms with Gasteiger partial charge in [0.15, 0.2) is 17.1 Å². The minimum Gasteiger partial charge on any atom is -0.490 e. The SMILES string of the molecule is CCOc1cc(/C=N\NC(=O)CSc2nc3ccccc3o2)cc(Br)c1OS(=O)(=O)c1ccc(C)cc1. The Bertz CT molecular complexity index is 1520. The molecule has 1 N–H and O–H groups in total. The van der Waals surface area contributed by atoms with Crippen molar-refractivity contribution in [2.75, 3.05) is 12.4 Å². The lowest BCUT2D eigenvalue weighted by atomic mass is 10.2. The summed E-state index contributed by atoms with van der Waals surface area (Å²) >= 11 is 4.51. The standard InChI is InChI=1S/C25H22BrN3O6S2/c1-3-33-22-13-17(12-19(26)24(22)35-37(31,32)18-10-8-16(2)9-11-18)14-27-29-23(30)15-36-25-28-20-6-4-5-7-21(20)34-25/h4-14H,3,15H2,1-2H3,(H,29,30)/b27-14-. The van der Waals surface area contributed by atoms with E-state index >= 15 is 0 Å². The monoisotopic (exact) mass is 603 g/mol. The Labute approximate surface area is 226 Å². The van der Waals surface area contributed by atoms with Crippen LogP contribution in [0.25, 0.3) is 11.1 Å². The Kier molecular flexibility index (Phi) is 8.52. The number of aryl methyl sites for hydroxylation is 1. The van der Waals surface area contributed by atoms with Crippen LogP contribution in [-0.2, 0) is 14.9 Å². The number of nitrogens with zero attached hydrogens (tertiary/aromatic N) is 2. The topological polar surface area (TPSA) is 120 Å². The van der Waals surface area contributed by atoms with Crippen LogP contribution in [0.4, 0.5) is 0 Å². The van der Waals surface area contributed by atoms with Crippen molar-refractivity contribution in [1.82, 2.24) is 10.4 Å². The van der Waals surface area contributed by atoms with Crippen molar-refractivity contribution in [1.29, 1.82) is 0 Å². The highest BCUT2D eigenvalue weighted by Gasteiger charge is 2.22. The second-order valence-corrected chi connectivity index (χ2v) is 11.0. The van der Waals surface area contributed by atoms with Crippen LogP contribution in [-0.4, -0.2) is 37.9 Å². The summed E-state index contributed by atoms with van der Waals surface area (Å²) in [4.78, 5) is 16.5. The number of para-hydroxylation sites is 2. The maximum absolute atomic E-state index is 12.8. The van der Waals surface area contributed by atoms with Gasteiger partial charge in [-0.1, -0.05) is 41.6 Å². The molecule has 0 aliphatic heterocycles. The first kappa shape index (κ1) is 26.7. The number of carbonyl (C=O) groups is 1. The largest absolute Gasteiger partial charge is 0.490 e. The Morgan fingerprint density at radius 3 is 2.68 bits per heavy atom. The molecule has 192 valence electrons. The Morgan fingerprint density at radius 1 is 1.19 bits per heavy atom. The molecule has 37 heavy (non-hydrogen) atoms. The van der Waals surface area contributed by atoms with Crippen molar-refractivity contribution in [3.8, 4) is 11.5 Å². The number of ether oxygens (including phenoxy) is 1. The van der Waals surface area contributed by atoms with E-state index in [4.69, 9.17) is 13.3 Å². The third-order valence-corrected chi connectivity index (χ3v) is 7.49. The molecule has 0 atom stereocenters. The van der Waals surface area contributed by atoms with E-state index in [1.165, 1.54) is 18.3 Å². The number of thioether (sulfide) groups is 1. The van der Waals surface area contributed by atoms with E-state index < -0.39 is 10.1 Å². The van der Waals surface area contributed by atoms with Gasteiger partial charge in [0, 0.05) is 0 Å². The number of hydrogen-bond acceptors (Lipinski definition) is 9. The number of carbonyl (C=O) groups excluding carboxylic acids is 1. The number of nitrogens with one attached hydrogen (secondary N) is 1. The molecule has 1 aromatic heterocycles. The quantitative estimate of drug-likeness (QED) is 0.112. The van der Waals surface area contributed by atoms with Gasteiger partial charge < -0.3 is 13.3 Å². The molecule has 1 amide bonds. The van der Waals surface area contributed by atoms with Crippen LogP contribution in [0.3, 0.4) is 0 Å². The molecule has 3 aromatic carbocycles. The van der Waals surface area contributed by atoms with Crippen molar-refractivity contribution >= 4 is 61.0 Å². The molecular formula is C25H22BrN3O6S2. The molecule has 0 spiro atoms. The van der Waals surface area contributed by atoms with Crippen LogP contribution in [0.15, 0.2) is 84.8 Å². The van der Waals surface area contributed by atoms with Gasteiger partial charge in [-0.05, 0) is 71.7 Å². The van der Waals surface area contributed by atoms with Crippen molar-refractivity contribution in [3.05, 3.63) is 76.3 Å². The summed E-state index contributed by atoms with van der Waals surface area (Å²) in [6.07, 6.45) is 1.41. The zero-order chi connectivity index (χ0) is 26.4. The molecule has 4 rings (SSSR count). The third-order valence-electron chi connectivity index (χ3n) is 4.84. The molecule has 0 aliphatic rings. The van der Waals surface area contributed by atoms with Gasteiger partial charge >= 0.3 is 10.1 Å². The van der Waals surface area contributed by atoms with Crippen LogP contribution in [0.5, 0.6) is 11.5 Å². The first-order valence-corrected chi connectivity index (χ1v) is 14.2. The lowest BCUT2D eigenvalue weighted by Gasteiger charge is -2.14. The van der Waals surface area contributed by atoms with E-state index in [2.05, 4.69) is 31.4 Å². The van der Waals surface area contributed by atoms with E-state index in [0.29, 0.717) is 20.8 Å². The Balaban J connectivity index is 1.42. The summed E-state index contributed by atoms with van der Waals surface area (Å²) in [5.41, 5.74) is 5.28. The van der Waals surface area contributed by atoms with Gasteiger partial charge in [0.2, 0.25) is 0 Å². The van der Waals surface area contributed by atoms with E-state index in [1.807, 2.05) is 25.1 Å². The summed E-state index contributed by atoms with van der Waals surface area (Å²) in [6.45, 7) is 3.90. The lowest BCUT2D eigenvalue weighted by Crippen LogP contribution is -2.19. The second-order valence-electron chi connectivity index (χ2n) is 7.64. The summed E-state index contributed by atoms with van der Waals surface area (Å²) in [7, 11) is -4.09. The zero-order valence-corrected chi connectivity index (χ0v) is 23.0. The number of amides is 1. The minimum absolute atomic E-state index is 0.0124. The second kappa shape index (κ2) is 11.8. The maximum atomic E-state index is 12.8. The van der Waals surface area contributed by atoms with Gasteiger partial charge in [-0.15, -0.1) is 0 Å². The smallest absolute Gasteiger partial charge is 0.339 e.